The molecule has 0 aliphatic carbocycles. The number of benzene rings is 1. The number of thiazole rings is 1. The Morgan fingerprint density at radius 2 is 2.14 bits per heavy atom. The molecular formula is C15H19N3O2S. The molecule has 1 unspecified atom stereocenters. The summed E-state index contributed by atoms with van der Waals surface area (Å²) >= 11 is 1.40. The number of aliphatic hydroxyl groups excluding tert-OH is 1. The minimum Gasteiger partial charge on any atom is -0.396 e. The van der Waals surface area contributed by atoms with E-state index in [0.29, 0.717) is 17.2 Å². The van der Waals surface area contributed by atoms with Crippen LogP contribution in [0.3, 0.4) is 0 Å². The number of nitrogens with zero attached hydrogens (tertiary/aromatic N) is 2. The minimum absolute atomic E-state index is 0.0238. The van der Waals surface area contributed by atoms with Crippen molar-refractivity contribution in [1.82, 2.24) is 9.88 Å². The highest BCUT2D eigenvalue weighted by molar-refractivity contribution is 7.13. The van der Waals surface area contributed by atoms with Crippen LogP contribution in [0.1, 0.15) is 28.5 Å². The van der Waals surface area contributed by atoms with E-state index in [2.05, 4.69) is 10.3 Å². The van der Waals surface area contributed by atoms with Crippen LogP contribution in [0.2, 0.25) is 0 Å². The monoisotopic (exact) mass is 305 g/mol. The summed E-state index contributed by atoms with van der Waals surface area (Å²) < 4.78 is 0. The highest BCUT2D eigenvalue weighted by Gasteiger charge is 2.23. The third kappa shape index (κ3) is 3.59. The van der Waals surface area contributed by atoms with Crippen molar-refractivity contribution in [1.29, 1.82) is 0 Å². The van der Waals surface area contributed by atoms with E-state index in [-0.39, 0.29) is 18.6 Å². The zero-order chi connectivity index (χ0) is 15.2. The van der Waals surface area contributed by atoms with Gasteiger partial charge in [0.1, 0.15) is 5.69 Å². The number of carbonyl (C=O) groups excluding carboxylic acids is 1. The maximum atomic E-state index is 12.5. The van der Waals surface area contributed by atoms with Crippen molar-refractivity contribution in [2.75, 3.05) is 26.0 Å². The molecule has 2 aromatic rings. The van der Waals surface area contributed by atoms with Gasteiger partial charge in [0.05, 0.1) is 6.04 Å². The highest BCUT2D eigenvalue weighted by Crippen LogP contribution is 2.25. The normalized spacial score (nSPS) is 12.0. The van der Waals surface area contributed by atoms with Crippen LogP contribution in [0.4, 0.5) is 5.13 Å². The summed E-state index contributed by atoms with van der Waals surface area (Å²) in [7, 11) is 3.52. The molecule has 0 bridgehead atoms. The highest BCUT2D eigenvalue weighted by atomic mass is 32.1. The molecule has 2 N–H and O–H groups in total. The summed E-state index contributed by atoms with van der Waals surface area (Å²) in [6, 6.07) is 9.55. The summed E-state index contributed by atoms with van der Waals surface area (Å²) in [5.41, 5.74) is 1.43. The lowest BCUT2D eigenvalue weighted by Gasteiger charge is -2.27. The Balaban J connectivity index is 2.21. The molecule has 1 atom stereocenters. The van der Waals surface area contributed by atoms with Gasteiger partial charge in [-0.25, -0.2) is 4.98 Å². The maximum absolute atomic E-state index is 12.5. The Bertz CT molecular complexity index is 586. The molecule has 0 spiro atoms. The van der Waals surface area contributed by atoms with Crippen LogP contribution in [0, 0.1) is 0 Å². The summed E-state index contributed by atoms with van der Waals surface area (Å²) in [5, 5.41) is 14.7. The molecule has 1 aromatic carbocycles. The maximum Gasteiger partial charge on any atom is 0.273 e. The molecule has 0 aliphatic rings. The van der Waals surface area contributed by atoms with Crippen molar-refractivity contribution < 1.29 is 9.90 Å². The molecule has 2 rings (SSSR count). The van der Waals surface area contributed by atoms with Crippen molar-refractivity contribution in [3.8, 4) is 0 Å². The number of aromatic nitrogens is 1. The quantitative estimate of drug-likeness (QED) is 0.860. The Morgan fingerprint density at radius 1 is 1.43 bits per heavy atom. The number of aliphatic hydroxyl groups is 1. The largest absolute Gasteiger partial charge is 0.396 e. The van der Waals surface area contributed by atoms with Crippen molar-refractivity contribution >= 4 is 22.4 Å². The first-order valence-corrected chi connectivity index (χ1v) is 7.61. The van der Waals surface area contributed by atoms with E-state index >= 15 is 0 Å². The number of anilines is 1. The molecule has 0 aliphatic heterocycles. The fourth-order valence-electron chi connectivity index (χ4n) is 2.19. The third-order valence-electron chi connectivity index (χ3n) is 3.31. The van der Waals surface area contributed by atoms with E-state index in [0.717, 1.165) is 5.56 Å². The molecule has 0 fully saturated rings. The Hall–Kier alpha value is -1.92. The second-order valence-electron chi connectivity index (χ2n) is 4.64. The average molecular weight is 305 g/mol. The van der Waals surface area contributed by atoms with Crippen LogP contribution in [0.5, 0.6) is 0 Å². The molecule has 6 heteroatoms. The smallest absolute Gasteiger partial charge is 0.273 e. The second kappa shape index (κ2) is 7.19. The van der Waals surface area contributed by atoms with E-state index in [9.17, 15) is 9.90 Å². The average Bonchev–Trinajstić information content (AvgIpc) is 3.01. The number of hydrogen-bond donors (Lipinski definition) is 2. The van der Waals surface area contributed by atoms with Gasteiger partial charge in [-0.1, -0.05) is 30.3 Å². The first kappa shape index (κ1) is 15.5. The molecule has 1 amide bonds. The second-order valence-corrected chi connectivity index (χ2v) is 5.50. The lowest BCUT2D eigenvalue weighted by atomic mass is 10.0. The Labute approximate surface area is 128 Å². The molecule has 1 heterocycles. The van der Waals surface area contributed by atoms with Gasteiger partial charge in [-0.2, -0.15) is 0 Å². The molecule has 0 radical (unpaired) electrons. The van der Waals surface area contributed by atoms with Gasteiger partial charge >= 0.3 is 0 Å². The summed E-state index contributed by atoms with van der Waals surface area (Å²) in [4.78, 5) is 18.4. The van der Waals surface area contributed by atoms with Gasteiger partial charge in [0.25, 0.3) is 5.91 Å². The van der Waals surface area contributed by atoms with E-state index in [1.165, 1.54) is 11.3 Å². The third-order valence-corrected chi connectivity index (χ3v) is 4.17. The van der Waals surface area contributed by atoms with Crippen molar-refractivity contribution in [2.45, 2.75) is 12.5 Å². The van der Waals surface area contributed by atoms with Crippen molar-refractivity contribution in [3.63, 3.8) is 0 Å². The van der Waals surface area contributed by atoms with Gasteiger partial charge in [0.2, 0.25) is 0 Å². The van der Waals surface area contributed by atoms with Crippen LogP contribution in [-0.2, 0) is 0 Å². The lowest BCUT2D eigenvalue weighted by molar-refractivity contribution is 0.0700. The van der Waals surface area contributed by atoms with Crippen molar-refractivity contribution in [2.24, 2.45) is 0 Å². The molecule has 112 valence electrons. The zero-order valence-corrected chi connectivity index (χ0v) is 12.9. The van der Waals surface area contributed by atoms with Gasteiger partial charge in [0, 0.05) is 26.1 Å². The summed E-state index contributed by atoms with van der Waals surface area (Å²) in [5.74, 6) is -0.143. The first-order valence-electron chi connectivity index (χ1n) is 6.73. The Kier molecular flexibility index (Phi) is 5.30. The fourth-order valence-corrected chi connectivity index (χ4v) is 2.84. The topological polar surface area (TPSA) is 65.5 Å². The number of amides is 1. The minimum atomic E-state index is -0.163. The van der Waals surface area contributed by atoms with Crippen molar-refractivity contribution in [3.05, 3.63) is 47.0 Å². The van der Waals surface area contributed by atoms with Crippen LogP contribution >= 0.6 is 11.3 Å². The number of hydrogen-bond acceptors (Lipinski definition) is 5. The standard InChI is InChI=1S/C15H19N3O2S/c1-16-15-17-12(10-21-15)14(20)18(2)13(8-9-19)11-6-4-3-5-7-11/h3-7,10,13,19H,8-9H2,1-2H3,(H,16,17). The van der Waals surface area contributed by atoms with Crippen LogP contribution in [0.25, 0.3) is 0 Å². The van der Waals surface area contributed by atoms with Crippen LogP contribution in [0.15, 0.2) is 35.7 Å². The zero-order valence-electron chi connectivity index (χ0n) is 12.1. The van der Waals surface area contributed by atoms with E-state index < -0.39 is 0 Å². The number of nitrogens with one attached hydrogen (secondary N) is 1. The first-order chi connectivity index (χ1) is 10.2. The number of rotatable bonds is 6. The molecule has 5 nitrogen and oxygen atoms in total. The lowest BCUT2D eigenvalue weighted by Crippen LogP contribution is -2.32. The predicted molar refractivity (Wildman–Crippen MR) is 84.6 cm³/mol. The summed E-state index contributed by atoms with van der Waals surface area (Å²) in [6.07, 6.45) is 0.495. The summed E-state index contributed by atoms with van der Waals surface area (Å²) in [6.45, 7) is 0.0238. The van der Waals surface area contributed by atoms with E-state index in [1.54, 1.807) is 24.4 Å². The molecule has 0 saturated heterocycles. The van der Waals surface area contributed by atoms with Crippen LogP contribution < -0.4 is 5.32 Å². The van der Waals surface area contributed by atoms with E-state index in [4.69, 9.17) is 0 Å². The Morgan fingerprint density at radius 3 is 2.71 bits per heavy atom. The molecular weight excluding hydrogens is 286 g/mol. The van der Waals surface area contributed by atoms with Gasteiger partial charge in [-0.3, -0.25) is 4.79 Å². The molecule has 0 saturated carbocycles. The van der Waals surface area contributed by atoms with Gasteiger partial charge in [-0.05, 0) is 12.0 Å². The van der Waals surface area contributed by atoms with Gasteiger partial charge < -0.3 is 15.3 Å². The van der Waals surface area contributed by atoms with Gasteiger partial charge in [0.15, 0.2) is 5.13 Å². The predicted octanol–water partition coefficient (Wildman–Crippen LogP) is 2.38. The number of carbonyl (C=O) groups is 1. The molecule has 21 heavy (non-hydrogen) atoms. The van der Waals surface area contributed by atoms with Crippen LogP contribution in [-0.4, -0.2) is 41.6 Å². The molecule has 1 aromatic heterocycles. The van der Waals surface area contributed by atoms with Gasteiger partial charge in [-0.15, -0.1) is 11.3 Å². The van der Waals surface area contributed by atoms with E-state index in [1.807, 2.05) is 30.3 Å². The fraction of sp³-hybridized carbons (Fsp3) is 0.333. The SMILES string of the molecule is CNc1nc(C(=O)N(C)C(CCO)c2ccccc2)cs1.